The van der Waals surface area contributed by atoms with Crippen LogP contribution in [0.1, 0.15) is 146 Å². The number of rotatable bonds is 13. The van der Waals surface area contributed by atoms with Crippen LogP contribution in [0.2, 0.25) is 13.1 Å². The van der Waals surface area contributed by atoms with Crippen molar-refractivity contribution in [1.82, 2.24) is 0 Å². The summed E-state index contributed by atoms with van der Waals surface area (Å²) in [6.07, 6.45) is 26.1. The first kappa shape index (κ1) is 40.8. The van der Waals surface area contributed by atoms with Gasteiger partial charge in [-0.1, -0.05) is 0 Å². The molecule has 2 atom stereocenters. The van der Waals surface area contributed by atoms with Crippen LogP contribution in [0, 0.1) is 10.8 Å². The third-order valence-corrected chi connectivity index (χ3v) is 67.1. The molecule has 0 spiro atoms. The zero-order valence-electron chi connectivity index (χ0n) is 34.7. The molecule has 295 valence electrons. The van der Waals surface area contributed by atoms with Crippen LogP contribution < -0.4 is 0 Å². The van der Waals surface area contributed by atoms with E-state index in [9.17, 15) is 17.0 Å². The van der Waals surface area contributed by atoms with Gasteiger partial charge in [0.25, 0.3) is 0 Å². The van der Waals surface area contributed by atoms with E-state index in [2.05, 4.69) is 136 Å². The molecule has 0 nitrogen and oxygen atoms in total. The maximum absolute atomic E-state index is 9.22. The van der Waals surface area contributed by atoms with E-state index in [1.165, 1.54) is 134 Å². The molecule has 2 unspecified atom stereocenters. The van der Waals surface area contributed by atoms with Crippen LogP contribution in [-0.4, -0.2) is 5.92 Å². The van der Waals surface area contributed by atoms with Crippen molar-refractivity contribution in [3.63, 3.8) is 0 Å². The van der Waals surface area contributed by atoms with Gasteiger partial charge < -0.3 is 0 Å². The summed E-state index contributed by atoms with van der Waals surface area (Å²) >= 11 is -5.07. The van der Waals surface area contributed by atoms with Gasteiger partial charge >= 0.3 is 351 Å². The average molecular weight is 880 g/mol. The Morgan fingerprint density at radius 3 is 1.29 bits per heavy atom. The fourth-order valence-electron chi connectivity index (χ4n) is 12.7. The second kappa shape index (κ2) is 16.6. The molecule has 4 heteroatoms. The van der Waals surface area contributed by atoms with Gasteiger partial charge in [0, 0.05) is 0 Å². The quantitative estimate of drug-likeness (QED) is 0.117. The number of halogens is 2. The Morgan fingerprint density at radius 1 is 0.536 bits per heavy atom. The van der Waals surface area contributed by atoms with Crippen molar-refractivity contribution in [3.8, 4) is 22.3 Å². The van der Waals surface area contributed by atoms with Gasteiger partial charge in [-0.05, 0) is 0 Å². The standard InChI is InChI=1S/2C25H29.C2H7Si.2ClH.Zr/c2*1-2-14-25(15-7-4-8-16-25)19-20-17-22-12-9-13-23(24(22)18-20)21-10-5-3-6-11-21;1-3-2;;;/h2*3,5-6,9-13,17-18H,2,4,7-8,14-16,19H2,1H3;3H,1-2H3;2*1H;/q;;;;;+2/p-2. The summed E-state index contributed by atoms with van der Waals surface area (Å²) in [5.74, 6) is -1.73. The first-order chi connectivity index (χ1) is 27.1. The van der Waals surface area contributed by atoms with Crippen molar-refractivity contribution < 1.29 is 15.6 Å². The van der Waals surface area contributed by atoms with Gasteiger partial charge in [0.05, 0.1) is 0 Å². The second-order valence-electron chi connectivity index (χ2n) is 19.0. The second-order valence-corrected chi connectivity index (χ2v) is 61.5. The Kier molecular flexibility index (Phi) is 12.1. The van der Waals surface area contributed by atoms with Crippen LogP contribution >= 0.6 is 17.0 Å². The van der Waals surface area contributed by atoms with Crippen LogP contribution in [-0.2, 0) is 15.6 Å². The molecule has 0 radical (unpaired) electrons. The normalized spacial score (nSPS) is 22.2. The van der Waals surface area contributed by atoms with Gasteiger partial charge in [-0.3, -0.25) is 0 Å². The van der Waals surface area contributed by atoms with E-state index in [-0.39, 0.29) is 7.25 Å². The van der Waals surface area contributed by atoms with Gasteiger partial charge in [0.15, 0.2) is 0 Å². The van der Waals surface area contributed by atoms with E-state index < -0.39 is 21.5 Å². The van der Waals surface area contributed by atoms with Crippen LogP contribution in [0.3, 0.4) is 0 Å². The van der Waals surface area contributed by atoms with E-state index in [4.69, 9.17) is 0 Å². The number of hydrogen-bond acceptors (Lipinski definition) is 0. The third kappa shape index (κ3) is 7.33. The molecule has 8 rings (SSSR count). The molecule has 0 heterocycles. The molecule has 0 aromatic heterocycles. The van der Waals surface area contributed by atoms with E-state index in [0.717, 1.165) is 12.8 Å². The summed E-state index contributed by atoms with van der Waals surface area (Å²) < 4.78 is 0.239. The number of hydrogen-bond donors (Lipinski definition) is 0. The van der Waals surface area contributed by atoms with Crippen molar-refractivity contribution >= 4 is 35.1 Å². The van der Waals surface area contributed by atoms with E-state index in [1.54, 1.807) is 11.1 Å². The molecule has 4 aromatic carbocycles. The van der Waals surface area contributed by atoms with Crippen LogP contribution in [0.15, 0.2) is 108 Å². The van der Waals surface area contributed by atoms with Crippen molar-refractivity contribution in [2.24, 2.45) is 10.8 Å². The molecule has 0 amide bonds. The number of benzene rings is 4. The molecule has 0 N–H and O–H groups in total. The molecule has 56 heavy (non-hydrogen) atoms. The van der Waals surface area contributed by atoms with Crippen LogP contribution in [0.25, 0.3) is 34.4 Å². The summed E-state index contributed by atoms with van der Waals surface area (Å²) in [6.45, 7) is 9.93. The van der Waals surface area contributed by atoms with Gasteiger partial charge in [-0.25, -0.2) is 0 Å². The summed E-state index contributed by atoms with van der Waals surface area (Å²) in [5, 5.41) is 0. The minimum atomic E-state index is -5.07. The number of allylic oxidation sites excluding steroid dienone is 2. The maximum atomic E-state index is 9.22. The predicted molar refractivity (Wildman–Crippen MR) is 246 cm³/mol. The van der Waals surface area contributed by atoms with Crippen molar-refractivity contribution in [2.45, 2.75) is 137 Å². The van der Waals surface area contributed by atoms with Gasteiger partial charge in [0.1, 0.15) is 0 Å². The Morgan fingerprint density at radius 2 is 0.929 bits per heavy atom. The predicted octanol–water partition coefficient (Wildman–Crippen LogP) is 16.9. The monoisotopic (exact) mass is 877 g/mol. The Hall–Kier alpha value is -1.96. The van der Waals surface area contributed by atoms with Crippen LogP contribution in [0.5, 0.6) is 0 Å². The van der Waals surface area contributed by atoms with Crippen molar-refractivity contribution in [2.75, 3.05) is 0 Å². The molecule has 4 aliphatic rings. The zero-order chi connectivity index (χ0) is 39.0. The molecule has 4 aromatic rings. The molecule has 0 aliphatic heterocycles. The Bertz CT molecular complexity index is 1910. The molecule has 0 saturated heterocycles. The fourth-order valence-corrected chi connectivity index (χ4v) is 44.0. The number of fused-ring (bicyclic) bond motifs is 2. The summed E-state index contributed by atoms with van der Waals surface area (Å²) in [6, 6.07) is 36.4. The van der Waals surface area contributed by atoms with Gasteiger partial charge in [-0.2, -0.15) is 0 Å². The summed E-state index contributed by atoms with van der Waals surface area (Å²) in [7, 11) is 18.4. The average Bonchev–Trinajstić information content (AvgIpc) is 3.78. The topological polar surface area (TPSA) is 0 Å². The molecular weight excluding hydrogens is 815 g/mol. The minimum absolute atomic E-state index is 0.119. The van der Waals surface area contributed by atoms with E-state index >= 15 is 0 Å². The van der Waals surface area contributed by atoms with Crippen LogP contribution in [0.4, 0.5) is 0 Å². The third-order valence-electron chi connectivity index (χ3n) is 15.2. The first-order valence-electron chi connectivity index (χ1n) is 22.5. The van der Waals surface area contributed by atoms with Gasteiger partial charge in [0.2, 0.25) is 0 Å². The molecule has 0 bridgehead atoms. The first-order valence-corrected chi connectivity index (χ1v) is 38.8. The van der Waals surface area contributed by atoms with Crippen molar-refractivity contribution in [3.05, 3.63) is 130 Å². The SMILES string of the molecule is CCCC1(CC2=Cc3c(-c4ccccc4)cccc3[CH]2[Zr]([Cl])([Cl])([CH]2C(CC3(CCC)CCCCC3)=Cc3c(-c4ccccc4)cccc32)[SiH](C)C)CCCCC1. The Labute approximate surface area is 348 Å². The zero-order valence-corrected chi connectivity index (χ0v) is 39.8. The van der Waals surface area contributed by atoms with Gasteiger partial charge in [-0.15, -0.1) is 0 Å². The molecule has 2 fully saturated rings. The fraction of sp³-hybridized carbons (Fsp3) is 0.462. The summed E-state index contributed by atoms with van der Waals surface area (Å²) in [4.78, 5) is 0. The summed E-state index contributed by atoms with van der Waals surface area (Å²) in [5.41, 5.74) is 14.8. The molecule has 4 aliphatic carbocycles. The van der Waals surface area contributed by atoms with E-state index in [0.29, 0.717) is 10.8 Å². The van der Waals surface area contributed by atoms with Crippen molar-refractivity contribution in [1.29, 1.82) is 0 Å². The molecular formula is C52H65Cl2SiZr. The van der Waals surface area contributed by atoms with E-state index in [1.807, 2.05) is 0 Å². The molecule has 2 saturated carbocycles. The Balaban J connectivity index is 1.37.